The van der Waals surface area contributed by atoms with Crippen LogP contribution in [0.2, 0.25) is 0 Å². The Morgan fingerprint density at radius 2 is 1.69 bits per heavy atom. The Morgan fingerprint density at radius 1 is 1.15 bits per heavy atom. The van der Waals surface area contributed by atoms with Crippen LogP contribution in [0.1, 0.15) is 19.4 Å². The van der Waals surface area contributed by atoms with Gasteiger partial charge in [0, 0.05) is 6.54 Å². The lowest BCUT2D eigenvalue weighted by molar-refractivity contribution is 0.414. The van der Waals surface area contributed by atoms with Crippen LogP contribution in [0, 0.1) is 0 Å². The first-order chi connectivity index (χ1) is 6.36. The van der Waals surface area contributed by atoms with Gasteiger partial charge in [-0.3, -0.25) is 0 Å². The lowest BCUT2D eigenvalue weighted by atomic mass is 10.2. The summed E-state index contributed by atoms with van der Waals surface area (Å²) in [5.74, 6) is 0.907. The molecule has 2 heteroatoms. The van der Waals surface area contributed by atoms with Crippen LogP contribution in [-0.4, -0.2) is 14.2 Å². The zero-order chi connectivity index (χ0) is 10.1. The number of rotatable bonds is 3. The third kappa shape index (κ3) is 4.53. The molecule has 0 saturated carbocycles. The van der Waals surface area contributed by atoms with Crippen LogP contribution >= 0.6 is 0 Å². The summed E-state index contributed by atoms with van der Waals surface area (Å²) in [6, 6.07) is 8.03. The molecule has 0 aliphatic carbocycles. The van der Waals surface area contributed by atoms with Gasteiger partial charge in [-0.15, -0.1) is 0 Å². The average Bonchev–Trinajstić information content (AvgIpc) is 2.23. The molecule has 0 spiro atoms. The summed E-state index contributed by atoms with van der Waals surface area (Å²) < 4.78 is 5.03. The lowest BCUT2D eigenvalue weighted by Crippen LogP contribution is -2.04. The predicted molar refractivity (Wildman–Crippen MR) is 57.1 cm³/mol. The number of hydrogen-bond acceptors (Lipinski definition) is 2. The summed E-state index contributed by atoms with van der Waals surface area (Å²) in [4.78, 5) is 0. The highest BCUT2D eigenvalue weighted by Gasteiger charge is 1.90. The maximum atomic E-state index is 5.03. The molecule has 0 bridgehead atoms. The van der Waals surface area contributed by atoms with Crippen molar-refractivity contribution in [1.82, 2.24) is 5.32 Å². The summed E-state index contributed by atoms with van der Waals surface area (Å²) in [7, 11) is 3.61. The third-order valence-corrected chi connectivity index (χ3v) is 1.54. The number of hydrogen-bond donors (Lipinski definition) is 1. The molecule has 0 aromatic heterocycles. The fraction of sp³-hybridized carbons (Fsp3) is 0.455. The van der Waals surface area contributed by atoms with Crippen molar-refractivity contribution < 1.29 is 4.74 Å². The van der Waals surface area contributed by atoms with Gasteiger partial charge in [0.05, 0.1) is 7.11 Å². The lowest BCUT2D eigenvalue weighted by Gasteiger charge is -2.01. The molecule has 0 radical (unpaired) electrons. The van der Waals surface area contributed by atoms with Crippen molar-refractivity contribution in [3.05, 3.63) is 29.8 Å². The Bertz CT molecular complexity index is 206. The van der Waals surface area contributed by atoms with E-state index in [2.05, 4.69) is 17.4 Å². The van der Waals surface area contributed by atoms with Crippen LogP contribution in [0.15, 0.2) is 24.3 Å². The van der Waals surface area contributed by atoms with Crippen LogP contribution < -0.4 is 10.1 Å². The van der Waals surface area contributed by atoms with E-state index >= 15 is 0 Å². The van der Waals surface area contributed by atoms with Gasteiger partial charge < -0.3 is 10.1 Å². The Kier molecular flexibility index (Phi) is 7.02. The molecule has 0 unspecified atom stereocenters. The molecule has 0 aliphatic heterocycles. The van der Waals surface area contributed by atoms with Gasteiger partial charge in [0.2, 0.25) is 0 Å². The summed E-state index contributed by atoms with van der Waals surface area (Å²) in [5.41, 5.74) is 1.27. The largest absolute Gasteiger partial charge is 0.497 e. The molecule has 0 amide bonds. The summed E-state index contributed by atoms with van der Waals surface area (Å²) in [6.07, 6.45) is 0. The van der Waals surface area contributed by atoms with E-state index in [9.17, 15) is 0 Å². The molecule has 1 N–H and O–H groups in total. The summed E-state index contributed by atoms with van der Waals surface area (Å²) in [5, 5.41) is 3.08. The first-order valence-corrected chi connectivity index (χ1v) is 4.64. The molecule has 0 aliphatic rings. The predicted octanol–water partition coefficient (Wildman–Crippen LogP) is 2.44. The fourth-order valence-corrected chi connectivity index (χ4v) is 0.948. The molecule has 0 saturated heterocycles. The topological polar surface area (TPSA) is 21.3 Å². The van der Waals surface area contributed by atoms with Gasteiger partial charge in [0.15, 0.2) is 0 Å². The minimum Gasteiger partial charge on any atom is -0.497 e. The van der Waals surface area contributed by atoms with Gasteiger partial charge in [-0.05, 0) is 24.7 Å². The molecule has 0 heterocycles. The van der Waals surface area contributed by atoms with Crippen molar-refractivity contribution in [3.63, 3.8) is 0 Å². The summed E-state index contributed by atoms with van der Waals surface area (Å²) >= 11 is 0. The van der Waals surface area contributed by atoms with Gasteiger partial charge in [-0.1, -0.05) is 26.0 Å². The number of methoxy groups -OCH3 is 1. The van der Waals surface area contributed by atoms with E-state index in [1.54, 1.807) is 7.11 Å². The van der Waals surface area contributed by atoms with Gasteiger partial charge in [-0.2, -0.15) is 0 Å². The van der Waals surface area contributed by atoms with Crippen molar-refractivity contribution in [2.45, 2.75) is 20.4 Å². The van der Waals surface area contributed by atoms with Crippen LogP contribution in [0.3, 0.4) is 0 Å². The van der Waals surface area contributed by atoms with E-state index < -0.39 is 0 Å². The van der Waals surface area contributed by atoms with Crippen LogP contribution in [-0.2, 0) is 6.54 Å². The highest BCUT2D eigenvalue weighted by molar-refractivity contribution is 5.26. The molecule has 13 heavy (non-hydrogen) atoms. The first-order valence-electron chi connectivity index (χ1n) is 4.64. The Morgan fingerprint density at radius 3 is 2.08 bits per heavy atom. The smallest absolute Gasteiger partial charge is 0.118 e. The second kappa shape index (κ2) is 7.62. The van der Waals surface area contributed by atoms with E-state index in [1.807, 2.05) is 33.0 Å². The summed E-state index contributed by atoms with van der Waals surface area (Å²) in [6.45, 7) is 4.91. The second-order valence-corrected chi connectivity index (χ2v) is 2.38. The zero-order valence-corrected chi connectivity index (χ0v) is 8.92. The van der Waals surface area contributed by atoms with E-state index in [0.717, 1.165) is 12.3 Å². The number of ether oxygens (including phenoxy) is 1. The van der Waals surface area contributed by atoms with Gasteiger partial charge in [0.25, 0.3) is 0 Å². The maximum absolute atomic E-state index is 5.03. The monoisotopic (exact) mass is 181 g/mol. The minimum atomic E-state index is 0.907. The third-order valence-electron chi connectivity index (χ3n) is 1.54. The van der Waals surface area contributed by atoms with Crippen molar-refractivity contribution in [3.8, 4) is 5.75 Å². The normalized spacial score (nSPS) is 8.62. The Balaban J connectivity index is 0.000000671. The van der Waals surface area contributed by atoms with E-state index in [4.69, 9.17) is 4.74 Å². The molecular formula is C11H19NO. The molecular weight excluding hydrogens is 162 g/mol. The zero-order valence-electron chi connectivity index (χ0n) is 8.92. The van der Waals surface area contributed by atoms with Gasteiger partial charge in [-0.25, -0.2) is 0 Å². The number of nitrogens with one attached hydrogen (secondary N) is 1. The van der Waals surface area contributed by atoms with Gasteiger partial charge >= 0.3 is 0 Å². The van der Waals surface area contributed by atoms with Crippen molar-refractivity contribution >= 4 is 0 Å². The minimum absolute atomic E-state index is 0.907. The molecule has 74 valence electrons. The Hall–Kier alpha value is -1.02. The van der Waals surface area contributed by atoms with Crippen molar-refractivity contribution in [2.75, 3.05) is 14.2 Å². The molecule has 1 rings (SSSR count). The average molecular weight is 181 g/mol. The van der Waals surface area contributed by atoms with Crippen LogP contribution in [0.25, 0.3) is 0 Å². The maximum Gasteiger partial charge on any atom is 0.118 e. The first kappa shape index (κ1) is 12.0. The van der Waals surface area contributed by atoms with E-state index in [0.29, 0.717) is 0 Å². The Labute approximate surface area is 80.9 Å². The molecule has 0 atom stereocenters. The SMILES string of the molecule is CC.CNCc1ccc(OC)cc1. The van der Waals surface area contributed by atoms with Crippen molar-refractivity contribution in [1.29, 1.82) is 0 Å². The number of benzene rings is 1. The molecule has 1 aromatic rings. The molecule has 0 fully saturated rings. The van der Waals surface area contributed by atoms with E-state index in [-0.39, 0.29) is 0 Å². The quantitative estimate of drug-likeness (QED) is 0.773. The standard InChI is InChI=1S/C9H13NO.C2H6/c1-10-7-8-3-5-9(11-2)6-4-8;1-2/h3-6,10H,7H2,1-2H3;1-2H3. The fourth-order valence-electron chi connectivity index (χ4n) is 0.948. The highest BCUT2D eigenvalue weighted by atomic mass is 16.5. The molecule has 1 aromatic carbocycles. The molecule has 2 nitrogen and oxygen atoms in total. The highest BCUT2D eigenvalue weighted by Crippen LogP contribution is 2.10. The second-order valence-electron chi connectivity index (χ2n) is 2.38. The van der Waals surface area contributed by atoms with Crippen LogP contribution in [0.5, 0.6) is 5.75 Å². The van der Waals surface area contributed by atoms with E-state index in [1.165, 1.54) is 5.56 Å². The van der Waals surface area contributed by atoms with Crippen molar-refractivity contribution in [2.24, 2.45) is 0 Å². The van der Waals surface area contributed by atoms with Crippen LogP contribution in [0.4, 0.5) is 0 Å². The van der Waals surface area contributed by atoms with Gasteiger partial charge in [0.1, 0.15) is 5.75 Å².